The van der Waals surface area contributed by atoms with Crippen LogP contribution in [-0.2, 0) is 16.8 Å². The number of amides is 1. The summed E-state index contributed by atoms with van der Waals surface area (Å²) in [4.78, 5) is 12.8. The molecule has 156 valence electrons. The first-order valence-electron chi connectivity index (χ1n) is 9.38. The molecule has 1 saturated carbocycles. The molecule has 0 aliphatic heterocycles. The van der Waals surface area contributed by atoms with Gasteiger partial charge in [-0.15, -0.1) is 0 Å². The fraction of sp³-hybridized carbons (Fsp3) is 0.273. The number of methoxy groups -OCH3 is 2. The van der Waals surface area contributed by atoms with Crippen LogP contribution >= 0.6 is 0 Å². The van der Waals surface area contributed by atoms with Crippen LogP contribution in [-0.4, -0.2) is 25.3 Å². The maximum absolute atomic E-state index is 13.8. The Morgan fingerprint density at radius 1 is 1.10 bits per heavy atom. The summed E-state index contributed by atoms with van der Waals surface area (Å²) in [5, 5.41) is 6.82. The largest absolute Gasteiger partial charge is 0.493 e. The van der Waals surface area contributed by atoms with Gasteiger partial charge >= 0.3 is 0 Å². The SMILES string of the molecule is COc1ccc(-c2cc(C3(C(=O)NCc4ccc(F)cc4F)CC3)no2)cc1OC. The van der Waals surface area contributed by atoms with Gasteiger partial charge in [0.2, 0.25) is 5.91 Å². The molecule has 0 atom stereocenters. The average molecular weight is 414 g/mol. The first kappa shape index (κ1) is 19.9. The molecule has 30 heavy (non-hydrogen) atoms. The van der Waals surface area contributed by atoms with Crippen molar-refractivity contribution >= 4 is 5.91 Å². The number of hydrogen-bond acceptors (Lipinski definition) is 5. The van der Waals surface area contributed by atoms with E-state index in [0.29, 0.717) is 35.8 Å². The minimum atomic E-state index is -0.797. The normalized spacial score (nSPS) is 14.3. The van der Waals surface area contributed by atoms with E-state index in [2.05, 4.69) is 10.5 Å². The van der Waals surface area contributed by atoms with Crippen molar-refractivity contribution in [1.82, 2.24) is 10.5 Å². The zero-order valence-electron chi connectivity index (χ0n) is 16.5. The number of carbonyl (C=O) groups excluding carboxylic acids is 1. The van der Waals surface area contributed by atoms with E-state index in [1.54, 1.807) is 32.4 Å². The van der Waals surface area contributed by atoms with Crippen LogP contribution < -0.4 is 14.8 Å². The molecule has 0 unspecified atom stereocenters. The van der Waals surface area contributed by atoms with Crippen LogP contribution in [0.5, 0.6) is 11.5 Å². The van der Waals surface area contributed by atoms with E-state index in [1.165, 1.54) is 6.07 Å². The predicted octanol–water partition coefficient (Wildman–Crippen LogP) is 3.99. The third-order valence-corrected chi connectivity index (χ3v) is 5.31. The Hall–Kier alpha value is -3.42. The molecule has 0 saturated heterocycles. The monoisotopic (exact) mass is 414 g/mol. The lowest BCUT2D eigenvalue weighted by Gasteiger charge is -2.13. The van der Waals surface area contributed by atoms with Crippen LogP contribution in [0, 0.1) is 11.6 Å². The van der Waals surface area contributed by atoms with Crippen molar-refractivity contribution in [2.24, 2.45) is 0 Å². The topological polar surface area (TPSA) is 73.6 Å². The molecule has 1 amide bonds. The van der Waals surface area contributed by atoms with Crippen molar-refractivity contribution in [3.05, 3.63) is 65.4 Å². The Morgan fingerprint density at radius 2 is 1.87 bits per heavy atom. The standard InChI is InChI=1S/C22H20F2N2O4/c1-28-17-6-4-13(9-19(17)29-2)18-11-20(26-30-18)22(7-8-22)21(27)25-12-14-3-5-15(23)10-16(14)24/h3-6,9-11H,7-8,12H2,1-2H3,(H,25,27). The lowest BCUT2D eigenvalue weighted by molar-refractivity contribution is -0.123. The number of carbonyl (C=O) groups is 1. The summed E-state index contributed by atoms with van der Waals surface area (Å²) in [6, 6.07) is 10.3. The van der Waals surface area contributed by atoms with E-state index in [-0.39, 0.29) is 18.0 Å². The number of ether oxygens (including phenoxy) is 2. The van der Waals surface area contributed by atoms with Gasteiger partial charge in [0.05, 0.1) is 25.3 Å². The molecule has 1 fully saturated rings. The van der Waals surface area contributed by atoms with Crippen LogP contribution in [0.2, 0.25) is 0 Å². The van der Waals surface area contributed by atoms with Gasteiger partial charge in [-0.25, -0.2) is 8.78 Å². The van der Waals surface area contributed by atoms with Crippen molar-refractivity contribution < 1.29 is 27.6 Å². The Bertz CT molecular complexity index is 1090. The molecule has 0 radical (unpaired) electrons. The fourth-order valence-corrected chi connectivity index (χ4v) is 3.36. The first-order chi connectivity index (χ1) is 14.5. The summed E-state index contributed by atoms with van der Waals surface area (Å²) >= 11 is 0. The minimum absolute atomic E-state index is 0.0346. The summed E-state index contributed by atoms with van der Waals surface area (Å²) in [6.07, 6.45) is 1.23. The van der Waals surface area contributed by atoms with E-state index in [1.807, 2.05) is 6.07 Å². The number of hydrogen-bond donors (Lipinski definition) is 1. The molecular weight excluding hydrogens is 394 g/mol. The third kappa shape index (κ3) is 3.60. The van der Waals surface area contributed by atoms with E-state index in [9.17, 15) is 13.6 Å². The van der Waals surface area contributed by atoms with Crippen molar-refractivity contribution in [2.75, 3.05) is 14.2 Å². The number of benzene rings is 2. The Balaban J connectivity index is 1.50. The van der Waals surface area contributed by atoms with Crippen LogP contribution in [0.15, 0.2) is 47.0 Å². The van der Waals surface area contributed by atoms with Gasteiger partial charge in [0.15, 0.2) is 17.3 Å². The van der Waals surface area contributed by atoms with Crippen molar-refractivity contribution in [3.63, 3.8) is 0 Å². The van der Waals surface area contributed by atoms with Gasteiger partial charge in [-0.3, -0.25) is 4.79 Å². The smallest absolute Gasteiger partial charge is 0.232 e. The first-order valence-corrected chi connectivity index (χ1v) is 9.38. The maximum atomic E-state index is 13.8. The van der Waals surface area contributed by atoms with Gasteiger partial charge < -0.3 is 19.3 Å². The van der Waals surface area contributed by atoms with E-state index >= 15 is 0 Å². The Kier molecular flexibility index (Phi) is 5.15. The molecule has 2 aromatic carbocycles. The Labute approximate surface area is 171 Å². The second-order valence-corrected chi connectivity index (χ2v) is 7.15. The van der Waals surface area contributed by atoms with Gasteiger partial charge in [0.1, 0.15) is 11.6 Å². The summed E-state index contributed by atoms with van der Waals surface area (Å²) < 4.78 is 42.9. The number of nitrogens with one attached hydrogen (secondary N) is 1. The fourth-order valence-electron chi connectivity index (χ4n) is 3.36. The molecule has 1 N–H and O–H groups in total. The molecule has 0 bridgehead atoms. The minimum Gasteiger partial charge on any atom is -0.493 e. The highest BCUT2D eigenvalue weighted by molar-refractivity contribution is 5.91. The lowest BCUT2D eigenvalue weighted by atomic mass is 10.00. The number of rotatable bonds is 7. The number of halogens is 2. The van der Waals surface area contributed by atoms with Crippen LogP contribution in [0.4, 0.5) is 8.78 Å². The van der Waals surface area contributed by atoms with Gasteiger partial charge in [-0.05, 0) is 37.1 Å². The molecule has 3 aromatic rings. The lowest BCUT2D eigenvalue weighted by Crippen LogP contribution is -2.34. The van der Waals surface area contributed by atoms with Crippen molar-refractivity contribution in [3.8, 4) is 22.8 Å². The van der Waals surface area contributed by atoms with E-state index in [0.717, 1.165) is 17.7 Å². The zero-order valence-corrected chi connectivity index (χ0v) is 16.5. The maximum Gasteiger partial charge on any atom is 0.232 e. The van der Waals surface area contributed by atoms with Crippen molar-refractivity contribution in [1.29, 1.82) is 0 Å². The molecule has 1 aromatic heterocycles. The third-order valence-electron chi connectivity index (χ3n) is 5.31. The molecule has 1 aliphatic carbocycles. The van der Waals surface area contributed by atoms with Crippen molar-refractivity contribution in [2.45, 2.75) is 24.8 Å². The number of nitrogens with zero attached hydrogens (tertiary/aromatic N) is 1. The summed E-state index contributed by atoms with van der Waals surface area (Å²) in [5.41, 5.74) is 0.668. The predicted molar refractivity (Wildman–Crippen MR) is 104 cm³/mol. The molecular formula is C22H20F2N2O4. The second-order valence-electron chi connectivity index (χ2n) is 7.15. The quantitative estimate of drug-likeness (QED) is 0.633. The second kappa shape index (κ2) is 7.78. The van der Waals surface area contributed by atoms with Gasteiger partial charge in [-0.2, -0.15) is 0 Å². The van der Waals surface area contributed by atoms with E-state index in [4.69, 9.17) is 14.0 Å². The molecule has 0 spiro atoms. The van der Waals surface area contributed by atoms with Crippen LogP contribution in [0.25, 0.3) is 11.3 Å². The zero-order chi connectivity index (χ0) is 21.3. The summed E-state index contributed by atoms with van der Waals surface area (Å²) in [7, 11) is 3.10. The van der Waals surface area contributed by atoms with Gasteiger partial charge in [0.25, 0.3) is 0 Å². The van der Waals surface area contributed by atoms with Crippen LogP contribution in [0.1, 0.15) is 24.1 Å². The Morgan fingerprint density at radius 3 is 2.53 bits per heavy atom. The molecule has 1 aliphatic rings. The highest BCUT2D eigenvalue weighted by Crippen LogP contribution is 2.49. The molecule has 4 rings (SSSR count). The highest BCUT2D eigenvalue weighted by atomic mass is 19.1. The molecule has 1 heterocycles. The summed E-state index contributed by atoms with van der Waals surface area (Å²) in [5.74, 6) is 0.0112. The van der Waals surface area contributed by atoms with E-state index < -0.39 is 17.0 Å². The highest BCUT2D eigenvalue weighted by Gasteiger charge is 2.53. The molecule has 8 heteroatoms. The number of aromatic nitrogens is 1. The average Bonchev–Trinajstić information content (AvgIpc) is 3.42. The van der Waals surface area contributed by atoms with Gasteiger partial charge in [0, 0.05) is 29.8 Å². The molecule has 6 nitrogen and oxygen atoms in total. The summed E-state index contributed by atoms with van der Waals surface area (Å²) in [6.45, 7) is -0.0346. The van der Waals surface area contributed by atoms with Gasteiger partial charge in [-0.1, -0.05) is 11.2 Å². The van der Waals surface area contributed by atoms with Crippen LogP contribution in [0.3, 0.4) is 0 Å².